The van der Waals surface area contributed by atoms with Gasteiger partial charge in [0.15, 0.2) is 0 Å². The number of fused-ring (bicyclic) bond motifs is 1. The average molecular weight is 240 g/mol. The zero-order chi connectivity index (χ0) is 9.42. The van der Waals surface area contributed by atoms with Gasteiger partial charge in [0.1, 0.15) is 10.4 Å². The molecule has 0 spiro atoms. The van der Waals surface area contributed by atoms with E-state index in [2.05, 4.69) is 25.9 Å². The minimum atomic E-state index is 0.164. The second-order valence-corrected chi connectivity index (χ2v) is 3.33. The van der Waals surface area contributed by atoms with Gasteiger partial charge in [-0.2, -0.15) is 0 Å². The van der Waals surface area contributed by atoms with Crippen LogP contribution in [-0.4, -0.2) is 15.1 Å². The van der Waals surface area contributed by atoms with E-state index in [0.29, 0.717) is 10.1 Å². The average Bonchev–Trinajstić information content (AvgIpc) is 2.02. The number of aromatic nitrogens is 2. The van der Waals surface area contributed by atoms with Crippen molar-refractivity contribution in [2.24, 2.45) is 0 Å². The Morgan fingerprint density at radius 3 is 2.85 bits per heavy atom. The Morgan fingerprint density at radius 1 is 1.31 bits per heavy atom. The summed E-state index contributed by atoms with van der Waals surface area (Å²) in [5, 5.41) is 10.0. The van der Waals surface area contributed by atoms with Crippen molar-refractivity contribution in [3.63, 3.8) is 0 Å². The second kappa shape index (κ2) is 2.85. The van der Waals surface area contributed by atoms with Gasteiger partial charge in [0.2, 0.25) is 5.95 Å². The topological polar surface area (TPSA) is 72.0 Å². The molecule has 0 aliphatic carbocycles. The molecule has 0 radical (unpaired) electrons. The lowest BCUT2D eigenvalue weighted by Crippen LogP contribution is -1.95. The minimum absolute atomic E-state index is 0.164. The van der Waals surface area contributed by atoms with Crippen molar-refractivity contribution in [1.29, 1.82) is 0 Å². The van der Waals surface area contributed by atoms with Crippen LogP contribution in [0.15, 0.2) is 22.8 Å². The highest BCUT2D eigenvalue weighted by atomic mass is 79.9. The molecule has 1 aromatic carbocycles. The first-order valence-electron chi connectivity index (χ1n) is 3.58. The van der Waals surface area contributed by atoms with Gasteiger partial charge in [-0.15, -0.1) is 0 Å². The summed E-state index contributed by atoms with van der Waals surface area (Å²) in [5.41, 5.74) is 6.07. The van der Waals surface area contributed by atoms with Gasteiger partial charge in [-0.3, -0.25) is 0 Å². The number of hydrogen-bond donors (Lipinski definition) is 2. The van der Waals surface area contributed by atoms with Gasteiger partial charge in [0.05, 0.1) is 5.52 Å². The lowest BCUT2D eigenvalue weighted by Gasteiger charge is -2.00. The van der Waals surface area contributed by atoms with Gasteiger partial charge in [-0.1, -0.05) is 0 Å². The molecule has 13 heavy (non-hydrogen) atoms. The fraction of sp³-hybridized carbons (Fsp3) is 0. The van der Waals surface area contributed by atoms with Crippen molar-refractivity contribution in [3.05, 3.63) is 22.8 Å². The van der Waals surface area contributed by atoms with E-state index < -0.39 is 0 Å². The number of halogens is 1. The molecule has 0 amide bonds. The number of benzene rings is 1. The first kappa shape index (κ1) is 8.25. The Morgan fingerprint density at radius 2 is 2.08 bits per heavy atom. The van der Waals surface area contributed by atoms with Crippen molar-refractivity contribution < 1.29 is 5.11 Å². The van der Waals surface area contributed by atoms with Crippen LogP contribution in [-0.2, 0) is 0 Å². The molecule has 3 N–H and O–H groups in total. The van der Waals surface area contributed by atoms with Crippen molar-refractivity contribution in [2.45, 2.75) is 0 Å². The Bertz CT molecular complexity index is 467. The minimum Gasteiger partial charge on any atom is -0.508 e. The monoisotopic (exact) mass is 239 g/mol. The molecule has 0 atom stereocenters. The standard InChI is InChI=1S/C8H6BrN3O/c9-7-5-2-1-4(13)3-6(5)11-8(10)12-7/h1-3,13H,(H2,10,11,12). The molecule has 0 saturated heterocycles. The summed E-state index contributed by atoms with van der Waals surface area (Å²) in [6, 6.07) is 4.85. The molecule has 1 aromatic heterocycles. The summed E-state index contributed by atoms with van der Waals surface area (Å²) in [5.74, 6) is 0.350. The van der Waals surface area contributed by atoms with Gasteiger partial charge in [0.25, 0.3) is 0 Å². The van der Waals surface area contributed by atoms with Gasteiger partial charge in [0, 0.05) is 11.5 Å². The van der Waals surface area contributed by atoms with Crippen LogP contribution < -0.4 is 5.73 Å². The third-order valence-electron chi connectivity index (χ3n) is 1.65. The van der Waals surface area contributed by atoms with Crippen LogP contribution in [0.25, 0.3) is 10.9 Å². The number of nitrogens with two attached hydrogens (primary N) is 1. The van der Waals surface area contributed by atoms with Crippen molar-refractivity contribution in [1.82, 2.24) is 9.97 Å². The van der Waals surface area contributed by atoms with Gasteiger partial charge < -0.3 is 10.8 Å². The van der Waals surface area contributed by atoms with E-state index in [9.17, 15) is 5.11 Å². The normalized spacial score (nSPS) is 10.5. The number of anilines is 1. The summed E-state index contributed by atoms with van der Waals surface area (Å²) in [4.78, 5) is 7.91. The molecule has 5 heteroatoms. The molecule has 1 heterocycles. The summed E-state index contributed by atoms with van der Waals surface area (Å²) in [7, 11) is 0. The quantitative estimate of drug-likeness (QED) is 0.687. The number of nitrogens with zero attached hydrogens (tertiary/aromatic N) is 2. The maximum Gasteiger partial charge on any atom is 0.221 e. The summed E-state index contributed by atoms with van der Waals surface area (Å²) in [6.07, 6.45) is 0. The molecule has 66 valence electrons. The van der Waals surface area contributed by atoms with Crippen LogP contribution >= 0.6 is 15.9 Å². The first-order valence-corrected chi connectivity index (χ1v) is 4.38. The Hall–Kier alpha value is -1.36. The van der Waals surface area contributed by atoms with Gasteiger partial charge >= 0.3 is 0 Å². The first-order chi connectivity index (χ1) is 6.16. The summed E-state index contributed by atoms with van der Waals surface area (Å²) in [6.45, 7) is 0. The van der Waals surface area contributed by atoms with E-state index in [4.69, 9.17) is 5.73 Å². The highest BCUT2D eigenvalue weighted by molar-refractivity contribution is 9.10. The lowest BCUT2D eigenvalue weighted by atomic mass is 10.2. The third-order valence-corrected chi connectivity index (χ3v) is 2.26. The Balaban J connectivity index is 2.86. The molecule has 0 unspecified atom stereocenters. The zero-order valence-corrected chi connectivity index (χ0v) is 8.12. The molecule has 2 aromatic rings. The van der Waals surface area contributed by atoms with Crippen LogP contribution in [0.2, 0.25) is 0 Å². The number of phenols is 1. The van der Waals surface area contributed by atoms with E-state index in [1.54, 1.807) is 12.1 Å². The molecular weight excluding hydrogens is 234 g/mol. The molecule has 0 aliphatic heterocycles. The number of nitrogen functional groups attached to an aromatic ring is 1. The van der Waals surface area contributed by atoms with Crippen LogP contribution in [0.4, 0.5) is 5.95 Å². The molecule has 0 bridgehead atoms. The number of aromatic hydroxyl groups is 1. The maximum absolute atomic E-state index is 9.20. The Kier molecular flexibility index (Phi) is 1.81. The van der Waals surface area contributed by atoms with Crippen LogP contribution in [0.1, 0.15) is 0 Å². The van der Waals surface area contributed by atoms with E-state index in [0.717, 1.165) is 5.39 Å². The van der Waals surface area contributed by atoms with E-state index in [1.807, 2.05) is 0 Å². The van der Waals surface area contributed by atoms with Gasteiger partial charge in [-0.25, -0.2) is 9.97 Å². The molecule has 4 nitrogen and oxygen atoms in total. The second-order valence-electron chi connectivity index (χ2n) is 2.57. The smallest absolute Gasteiger partial charge is 0.221 e. The number of hydrogen-bond acceptors (Lipinski definition) is 4. The fourth-order valence-corrected chi connectivity index (χ4v) is 1.61. The molecule has 0 aliphatic rings. The molecule has 0 saturated carbocycles. The van der Waals surface area contributed by atoms with Crippen LogP contribution in [0.3, 0.4) is 0 Å². The highest BCUT2D eigenvalue weighted by Crippen LogP contribution is 2.24. The summed E-state index contributed by atoms with van der Waals surface area (Å²) < 4.78 is 0.634. The van der Waals surface area contributed by atoms with Crippen LogP contribution in [0.5, 0.6) is 5.75 Å². The number of rotatable bonds is 0. The van der Waals surface area contributed by atoms with Crippen molar-refractivity contribution in [2.75, 3.05) is 5.73 Å². The highest BCUT2D eigenvalue weighted by Gasteiger charge is 2.03. The van der Waals surface area contributed by atoms with Crippen LogP contribution in [0, 0.1) is 0 Å². The zero-order valence-electron chi connectivity index (χ0n) is 6.53. The third kappa shape index (κ3) is 1.42. The van der Waals surface area contributed by atoms with Crippen molar-refractivity contribution in [3.8, 4) is 5.75 Å². The van der Waals surface area contributed by atoms with E-state index in [-0.39, 0.29) is 11.7 Å². The summed E-state index contributed by atoms with van der Waals surface area (Å²) >= 11 is 3.26. The lowest BCUT2D eigenvalue weighted by molar-refractivity contribution is 0.476. The maximum atomic E-state index is 9.20. The number of phenolic OH excluding ortho intramolecular Hbond substituents is 1. The van der Waals surface area contributed by atoms with E-state index in [1.165, 1.54) is 6.07 Å². The van der Waals surface area contributed by atoms with Gasteiger partial charge in [-0.05, 0) is 28.1 Å². The van der Waals surface area contributed by atoms with Crippen molar-refractivity contribution >= 4 is 32.8 Å². The predicted octanol–water partition coefficient (Wildman–Crippen LogP) is 1.68. The Labute approximate surface area is 82.6 Å². The van der Waals surface area contributed by atoms with E-state index >= 15 is 0 Å². The molecule has 0 fully saturated rings. The molecular formula is C8H6BrN3O. The molecule has 2 rings (SSSR count). The fourth-order valence-electron chi connectivity index (χ4n) is 1.10. The SMILES string of the molecule is Nc1nc(Br)c2ccc(O)cc2n1. The largest absolute Gasteiger partial charge is 0.508 e. The predicted molar refractivity (Wildman–Crippen MR) is 53.3 cm³/mol.